The number of nitrogens with two attached hydrogens (primary N) is 1. The Labute approximate surface area is 85.9 Å². The molecule has 1 aromatic heterocycles. The summed E-state index contributed by atoms with van der Waals surface area (Å²) in [6.45, 7) is 6.96. The van der Waals surface area contributed by atoms with Gasteiger partial charge >= 0.3 is 0 Å². The molecule has 0 aliphatic rings. The minimum absolute atomic E-state index is 0.0836. The summed E-state index contributed by atoms with van der Waals surface area (Å²) in [5, 5.41) is 0. The predicted octanol–water partition coefficient (Wildman–Crippen LogP) is 1.77. The van der Waals surface area contributed by atoms with Gasteiger partial charge in [-0.25, -0.2) is 4.98 Å². The molecule has 0 spiro atoms. The van der Waals surface area contributed by atoms with Crippen molar-refractivity contribution in [1.82, 2.24) is 4.98 Å². The molecule has 0 fully saturated rings. The van der Waals surface area contributed by atoms with Crippen molar-refractivity contribution in [2.45, 2.75) is 32.9 Å². The molecular formula is C11H19N3. The third-order valence-electron chi connectivity index (χ3n) is 2.35. The maximum absolute atomic E-state index is 5.55. The largest absolute Gasteiger partial charge is 0.355 e. The van der Waals surface area contributed by atoms with Gasteiger partial charge in [-0.05, 0) is 32.9 Å². The van der Waals surface area contributed by atoms with Crippen LogP contribution in [0.5, 0.6) is 0 Å². The molecule has 1 aromatic rings. The summed E-state index contributed by atoms with van der Waals surface area (Å²) < 4.78 is 0. The fourth-order valence-corrected chi connectivity index (χ4v) is 1.11. The van der Waals surface area contributed by atoms with Crippen molar-refractivity contribution in [2.24, 2.45) is 5.73 Å². The molecule has 78 valence electrons. The van der Waals surface area contributed by atoms with Crippen LogP contribution in [0.15, 0.2) is 18.2 Å². The second-order valence-electron chi connectivity index (χ2n) is 4.42. The third kappa shape index (κ3) is 2.45. The zero-order valence-corrected chi connectivity index (χ0v) is 9.41. The molecule has 0 aliphatic carbocycles. The Kier molecular flexibility index (Phi) is 3.11. The summed E-state index contributed by atoms with van der Waals surface area (Å²) in [6, 6.07) is 5.94. The van der Waals surface area contributed by atoms with Crippen molar-refractivity contribution in [1.29, 1.82) is 0 Å². The van der Waals surface area contributed by atoms with Crippen LogP contribution < -0.4 is 10.6 Å². The van der Waals surface area contributed by atoms with Crippen molar-refractivity contribution in [3.63, 3.8) is 0 Å². The van der Waals surface area contributed by atoms with Gasteiger partial charge in [-0.1, -0.05) is 6.07 Å². The average Bonchev–Trinajstić information content (AvgIpc) is 2.15. The third-order valence-corrected chi connectivity index (χ3v) is 2.35. The van der Waals surface area contributed by atoms with E-state index in [1.807, 2.05) is 25.2 Å². The fourth-order valence-electron chi connectivity index (χ4n) is 1.11. The number of nitrogens with zero attached hydrogens (tertiary/aromatic N) is 2. The Hall–Kier alpha value is -1.09. The van der Waals surface area contributed by atoms with E-state index in [4.69, 9.17) is 5.73 Å². The van der Waals surface area contributed by atoms with Gasteiger partial charge in [-0.3, -0.25) is 0 Å². The summed E-state index contributed by atoms with van der Waals surface area (Å²) >= 11 is 0. The van der Waals surface area contributed by atoms with E-state index in [0.29, 0.717) is 6.54 Å². The Morgan fingerprint density at radius 2 is 2.00 bits per heavy atom. The van der Waals surface area contributed by atoms with Gasteiger partial charge < -0.3 is 10.6 Å². The van der Waals surface area contributed by atoms with E-state index in [9.17, 15) is 0 Å². The summed E-state index contributed by atoms with van der Waals surface area (Å²) in [7, 11) is 2.04. The lowest BCUT2D eigenvalue weighted by Gasteiger charge is -2.33. The van der Waals surface area contributed by atoms with Crippen LogP contribution in [-0.2, 0) is 6.54 Å². The molecule has 1 rings (SSSR count). The molecule has 0 saturated heterocycles. The molecule has 0 amide bonds. The van der Waals surface area contributed by atoms with Crippen molar-refractivity contribution >= 4 is 5.82 Å². The zero-order chi connectivity index (χ0) is 10.8. The van der Waals surface area contributed by atoms with Gasteiger partial charge in [0, 0.05) is 19.1 Å². The molecule has 0 bridgehead atoms. The van der Waals surface area contributed by atoms with Gasteiger partial charge in [0.15, 0.2) is 0 Å². The highest BCUT2D eigenvalue weighted by Crippen LogP contribution is 2.19. The van der Waals surface area contributed by atoms with E-state index in [1.54, 1.807) is 0 Å². The zero-order valence-electron chi connectivity index (χ0n) is 9.41. The topological polar surface area (TPSA) is 42.1 Å². The van der Waals surface area contributed by atoms with Gasteiger partial charge in [-0.2, -0.15) is 0 Å². The molecule has 3 nitrogen and oxygen atoms in total. The lowest BCUT2D eigenvalue weighted by Crippen LogP contribution is -2.38. The average molecular weight is 193 g/mol. The normalized spacial score (nSPS) is 11.5. The van der Waals surface area contributed by atoms with Crippen molar-refractivity contribution < 1.29 is 0 Å². The van der Waals surface area contributed by atoms with Crippen LogP contribution in [0.25, 0.3) is 0 Å². The van der Waals surface area contributed by atoms with Crippen molar-refractivity contribution in [3.8, 4) is 0 Å². The first-order chi connectivity index (χ1) is 6.45. The Morgan fingerprint density at radius 1 is 1.36 bits per heavy atom. The van der Waals surface area contributed by atoms with Gasteiger partial charge in [0.25, 0.3) is 0 Å². The number of anilines is 1. The second kappa shape index (κ2) is 3.96. The molecule has 0 aromatic carbocycles. The van der Waals surface area contributed by atoms with E-state index in [1.165, 1.54) is 0 Å². The maximum atomic E-state index is 5.55. The molecule has 2 N–H and O–H groups in total. The van der Waals surface area contributed by atoms with Gasteiger partial charge in [-0.15, -0.1) is 0 Å². The summed E-state index contributed by atoms with van der Waals surface area (Å²) in [6.07, 6.45) is 0. The van der Waals surface area contributed by atoms with Crippen LogP contribution in [0, 0.1) is 0 Å². The van der Waals surface area contributed by atoms with Crippen LogP contribution in [-0.4, -0.2) is 17.6 Å². The standard InChI is InChI=1S/C11H19N3/c1-11(2,3)14(4)10-7-5-6-9(8-12)13-10/h5-7H,8,12H2,1-4H3. The molecule has 0 aliphatic heterocycles. The van der Waals surface area contributed by atoms with Crippen molar-refractivity contribution in [3.05, 3.63) is 23.9 Å². The Balaban J connectivity index is 2.95. The quantitative estimate of drug-likeness (QED) is 0.778. The smallest absolute Gasteiger partial charge is 0.129 e. The van der Waals surface area contributed by atoms with Crippen LogP contribution in [0.2, 0.25) is 0 Å². The Morgan fingerprint density at radius 3 is 2.50 bits per heavy atom. The van der Waals surface area contributed by atoms with E-state index < -0.39 is 0 Å². The predicted molar refractivity (Wildman–Crippen MR) is 60.3 cm³/mol. The minimum atomic E-state index is 0.0836. The summed E-state index contributed by atoms with van der Waals surface area (Å²) in [4.78, 5) is 6.60. The summed E-state index contributed by atoms with van der Waals surface area (Å²) in [5.41, 5.74) is 6.56. The molecule has 3 heteroatoms. The molecule has 0 radical (unpaired) electrons. The minimum Gasteiger partial charge on any atom is -0.355 e. The highest BCUT2D eigenvalue weighted by atomic mass is 15.2. The highest BCUT2D eigenvalue weighted by Gasteiger charge is 2.18. The molecule has 0 unspecified atom stereocenters. The van der Waals surface area contributed by atoms with Gasteiger partial charge in [0.2, 0.25) is 0 Å². The Bertz CT molecular complexity index is 302. The number of rotatable bonds is 2. The van der Waals surface area contributed by atoms with Crippen LogP contribution in [0.3, 0.4) is 0 Å². The second-order valence-corrected chi connectivity index (χ2v) is 4.42. The number of hydrogen-bond acceptors (Lipinski definition) is 3. The number of pyridine rings is 1. The van der Waals surface area contributed by atoms with Crippen LogP contribution in [0.4, 0.5) is 5.82 Å². The lowest BCUT2D eigenvalue weighted by atomic mass is 10.1. The monoisotopic (exact) mass is 193 g/mol. The first-order valence-corrected chi connectivity index (χ1v) is 4.85. The highest BCUT2D eigenvalue weighted by molar-refractivity contribution is 5.40. The fraction of sp³-hybridized carbons (Fsp3) is 0.545. The van der Waals surface area contributed by atoms with E-state index in [0.717, 1.165) is 11.5 Å². The first kappa shape index (κ1) is 11.0. The molecule has 0 saturated carbocycles. The number of hydrogen-bond donors (Lipinski definition) is 1. The van der Waals surface area contributed by atoms with E-state index >= 15 is 0 Å². The SMILES string of the molecule is CN(c1cccc(CN)n1)C(C)(C)C. The van der Waals surface area contributed by atoms with Crippen LogP contribution >= 0.6 is 0 Å². The van der Waals surface area contributed by atoms with Crippen molar-refractivity contribution in [2.75, 3.05) is 11.9 Å². The lowest BCUT2D eigenvalue weighted by molar-refractivity contribution is 0.533. The summed E-state index contributed by atoms with van der Waals surface area (Å²) in [5.74, 6) is 0.973. The van der Waals surface area contributed by atoms with E-state index in [2.05, 4.69) is 30.7 Å². The van der Waals surface area contributed by atoms with E-state index in [-0.39, 0.29) is 5.54 Å². The molecule has 14 heavy (non-hydrogen) atoms. The molecular weight excluding hydrogens is 174 g/mol. The molecule has 0 atom stereocenters. The number of aromatic nitrogens is 1. The van der Waals surface area contributed by atoms with Gasteiger partial charge in [0.05, 0.1) is 5.69 Å². The van der Waals surface area contributed by atoms with Crippen LogP contribution in [0.1, 0.15) is 26.5 Å². The molecule has 1 heterocycles. The first-order valence-electron chi connectivity index (χ1n) is 4.85. The van der Waals surface area contributed by atoms with Gasteiger partial charge in [0.1, 0.15) is 5.82 Å². The maximum Gasteiger partial charge on any atom is 0.129 e.